The molecule has 0 fully saturated rings. The van der Waals surface area contributed by atoms with E-state index < -0.39 is 0 Å². The highest BCUT2D eigenvalue weighted by Gasteiger charge is 2.05. The van der Waals surface area contributed by atoms with Crippen LogP contribution in [0.4, 0.5) is 0 Å². The fraction of sp³-hybridized carbons (Fsp3) is 0.250. The lowest BCUT2D eigenvalue weighted by atomic mass is 10.1. The Morgan fingerprint density at radius 1 is 1.47 bits per heavy atom. The van der Waals surface area contributed by atoms with Gasteiger partial charge in [-0.1, -0.05) is 17.9 Å². The number of nitrogens with zero attached hydrogens (tertiary/aromatic N) is 1. The minimum Gasteiger partial charge on any atom is -0.495 e. The highest BCUT2D eigenvalue weighted by atomic mass is 16.5. The van der Waals surface area contributed by atoms with Gasteiger partial charge in [-0.25, -0.2) is 0 Å². The molecule has 0 aliphatic heterocycles. The Morgan fingerprint density at radius 3 is 2.87 bits per heavy atom. The van der Waals surface area contributed by atoms with E-state index in [0.29, 0.717) is 23.4 Å². The SMILES string of the molecule is CNCC#Cc1cccc(OC)c1C#N. The molecule has 0 radical (unpaired) electrons. The Morgan fingerprint density at radius 2 is 2.27 bits per heavy atom. The average Bonchev–Trinajstić information content (AvgIpc) is 2.29. The predicted octanol–water partition coefficient (Wildman–Crippen LogP) is 1.14. The van der Waals surface area contributed by atoms with Crippen LogP contribution in [-0.4, -0.2) is 20.7 Å². The zero-order valence-electron chi connectivity index (χ0n) is 8.79. The van der Waals surface area contributed by atoms with Crippen LogP contribution in [0.1, 0.15) is 11.1 Å². The van der Waals surface area contributed by atoms with Gasteiger partial charge in [-0.05, 0) is 19.2 Å². The lowest BCUT2D eigenvalue weighted by molar-refractivity contribution is 0.413. The van der Waals surface area contributed by atoms with Crippen LogP contribution in [0, 0.1) is 23.2 Å². The van der Waals surface area contributed by atoms with Gasteiger partial charge in [-0.3, -0.25) is 0 Å². The summed E-state index contributed by atoms with van der Waals surface area (Å²) in [5.74, 6) is 6.40. The zero-order chi connectivity index (χ0) is 11.1. The number of nitriles is 1. The van der Waals surface area contributed by atoms with Crippen molar-refractivity contribution < 1.29 is 4.74 Å². The first-order chi connectivity index (χ1) is 7.33. The molecule has 3 heteroatoms. The predicted molar refractivity (Wildman–Crippen MR) is 58.5 cm³/mol. The molecule has 1 aromatic rings. The van der Waals surface area contributed by atoms with Gasteiger partial charge in [0, 0.05) is 5.56 Å². The second kappa shape index (κ2) is 5.70. The minimum atomic E-state index is 0.489. The van der Waals surface area contributed by atoms with Crippen molar-refractivity contribution in [3.05, 3.63) is 29.3 Å². The van der Waals surface area contributed by atoms with E-state index in [1.54, 1.807) is 13.2 Å². The third-order valence-electron chi connectivity index (χ3n) is 1.85. The Labute approximate surface area is 89.7 Å². The third-order valence-corrected chi connectivity index (χ3v) is 1.85. The molecule has 0 aliphatic carbocycles. The fourth-order valence-corrected chi connectivity index (χ4v) is 1.15. The lowest BCUT2D eigenvalue weighted by Crippen LogP contribution is -2.04. The van der Waals surface area contributed by atoms with Crippen LogP contribution in [0.5, 0.6) is 5.75 Å². The Balaban J connectivity index is 3.10. The van der Waals surface area contributed by atoms with Crippen molar-refractivity contribution in [2.75, 3.05) is 20.7 Å². The first-order valence-electron chi connectivity index (χ1n) is 4.54. The summed E-state index contributed by atoms with van der Waals surface area (Å²) in [6.45, 7) is 0.599. The number of nitrogens with one attached hydrogen (secondary N) is 1. The number of ether oxygens (including phenoxy) is 1. The van der Waals surface area contributed by atoms with Crippen LogP contribution in [0.3, 0.4) is 0 Å². The van der Waals surface area contributed by atoms with Gasteiger partial charge in [-0.2, -0.15) is 5.26 Å². The van der Waals surface area contributed by atoms with E-state index in [-0.39, 0.29) is 0 Å². The lowest BCUT2D eigenvalue weighted by Gasteiger charge is -2.02. The van der Waals surface area contributed by atoms with Gasteiger partial charge in [-0.15, -0.1) is 0 Å². The molecule has 0 atom stereocenters. The molecule has 15 heavy (non-hydrogen) atoms. The van der Waals surface area contributed by atoms with E-state index in [1.165, 1.54) is 0 Å². The molecule has 0 bridgehead atoms. The molecule has 3 nitrogen and oxygen atoms in total. The first kappa shape index (κ1) is 11.1. The molecule has 0 amide bonds. The molecule has 76 valence electrons. The molecular formula is C12H12N2O. The number of hydrogen-bond donors (Lipinski definition) is 1. The Kier molecular flexibility index (Phi) is 4.22. The van der Waals surface area contributed by atoms with Gasteiger partial charge < -0.3 is 10.1 Å². The largest absolute Gasteiger partial charge is 0.495 e. The summed E-state index contributed by atoms with van der Waals surface area (Å²) in [4.78, 5) is 0. The van der Waals surface area contributed by atoms with Gasteiger partial charge in [0.15, 0.2) is 0 Å². The Bertz CT molecular complexity index is 435. The van der Waals surface area contributed by atoms with E-state index in [4.69, 9.17) is 10.00 Å². The molecule has 0 heterocycles. The van der Waals surface area contributed by atoms with Gasteiger partial charge in [0.25, 0.3) is 0 Å². The maximum atomic E-state index is 8.97. The molecule has 1 aromatic carbocycles. The summed E-state index contributed by atoms with van der Waals surface area (Å²) in [5.41, 5.74) is 1.19. The van der Waals surface area contributed by atoms with Gasteiger partial charge in [0.1, 0.15) is 17.4 Å². The highest BCUT2D eigenvalue weighted by Crippen LogP contribution is 2.20. The van der Waals surface area contributed by atoms with E-state index in [1.807, 2.05) is 19.2 Å². The van der Waals surface area contributed by atoms with Crippen molar-refractivity contribution in [3.8, 4) is 23.7 Å². The third kappa shape index (κ3) is 2.74. The summed E-state index contributed by atoms with van der Waals surface area (Å²) < 4.78 is 5.08. The molecule has 0 unspecified atom stereocenters. The van der Waals surface area contributed by atoms with E-state index >= 15 is 0 Å². The molecule has 0 aromatic heterocycles. The quantitative estimate of drug-likeness (QED) is 0.728. The van der Waals surface area contributed by atoms with Crippen LogP contribution < -0.4 is 10.1 Å². The van der Waals surface area contributed by atoms with Crippen LogP contribution >= 0.6 is 0 Å². The topological polar surface area (TPSA) is 45.0 Å². The van der Waals surface area contributed by atoms with Crippen LogP contribution in [0.2, 0.25) is 0 Å². The number of hydrogen-bond acceptors (Lipinski definition) is 3. The van der Waals surface area contributed by atoms with Crippen molar-refractivity contribution in [1.82, 2.24) is 5.32 Å². The molecule has 0 spiro atoms. The van der Waals surface area contributed by atoms with Gasteiger partial charge in [0.2, 0.25) is 0 Å². The van der Waals surface area contributed by atoms with E-state index in [9.17, 15) is 0 Å². The van der Waals surface area contributed by atoms with Crippen molar-refractivity contribution in [2.24, 2.45) is 0 Å². The summed E-state index contributed by atoms with van der Waals surface area (Å²) >= 11 is 0. The molecule has 1 N–H and O–H groups in total. The normalized spacial score (nSPS) is 8.60. The van der Waals surface area contributed by atoms with Crippen LogP contribution in [0.25, 0.3) is 0 Å². The second-order valence-corrected chi connectivity index (χ2v) is 2.83. The summed E-state index contributed by atoms with van der Waals surface area (Å²) in [5, 5.41) is 11.9. The molecule has 0 saturated carbocycles. The van der Waals surface area contributed by atoms with E-state index in [0.717, 1.165) is 0 Å². The zero-order valence-corrected chi connectivity index (χ0v) is 8.79. The minimum absolute atomic E-state index is 0.489. The smallest absolute Gasteiger partial charge is 0.137 e. The number of rotatable bonds is 2. The molecular weight excluding hydrogens is 188 g/mol. The second-order valence-electron chi connectivity index (χ2n) is 2.83. The average molecular weight is 200 g/mol. The first-order valence-corrected chi connectivity index (χ1v) is 4.54. The number of methoxy groups -OCH3 is 1. The fourth-order valence-electron chi connectivity index (χ4n) is 1.15. The maximum Gasteiger partial charge on any atom is 0.137 e. The van der Waals surface area contributed by atoms with Crippen molar-refractivity contribution in [3.63, 3.8) is 0 Å². The van der Waals surface area contributed by atoms with E-state index in [2.05, 4.69) is 23.2 Å². The summed E-state index contributed by atoms with van der Waals surface area (Å²) in [6.07, 6.45) is 0. The maximum absolute atomic E-state index is 8.97. The van der Waals surface area contributed by atoms with Crippen molar-refractivity contribution in [2.45, 2.75) is 0 Å². The molecule has 0 saturated heterocycles. The molecule has 0 aliphatic rings. The van der Waals surface area contributed by atoms with Crippen LogP contribution in [-0.2, 0) is 0 Å². The standard InChI is InChI=1S/C12H12N2O/c1-14-8-4-6-10-5-3-7-12(15-2)11(10)9-13/h3,5,7,14H,8H2,1-2H3. The Hall–Kier alpha value is -1.97. The van der Waals surface area contributed by atoms with Gasteiger partial charge in [0.05, 0.1) is 13.7 Å². The molecule has 1 rings (SSSR count). The highest BCUT2D eigenvalue weighted by molar-refractivity contribution is 5.55. The van der Waals surface area contributed by atoms with Gasteiger partial charge >= 0.3 is 0 Å². The van der Waals surface area contributed by atoms with Crippen molar-refractivity contribution >= 4 is 0 Å². The van der Waals surface area contributed by atoms with Crippen LogP contribution in [0.15, 0.2) is 18.2 Å². The summed E-state index contributed by atoms with van der Waals surface area (Å²) in [7, 11) is 3.37. The van der Waals surface area contributed by atoms with Crippen molar-refractivity contribution in [1.29, 1.82) is 5.26 Å². The monoisotopic (exact) mass is 200 g/mol. The number of benzene rings is 1. The summed E-state index contributed by atoms with van der Waals surface area (Å²) in [6, 6.07) is 7.48.